The lowest BCUT2D eigenvalue weighted by atomic mass is 10.1. The van der Waals surface area contributed by atoms with Crippen molar-refractivity contribution in [3.8, 4) is 0 Å². The summed E-state index contributed by atoms with van der Waals surface area (Å²) in [5.41, 5.74) is 5.24. The molecule has 5 N–H and O–H groups in total. The minimum Gasteiger partial charge on any atom is -0.480 e. The third kappa shape index (κ3) is 5.76. The van der Waals surface area contributed by atoms with Crippen molar-refractivity contribution in [1.82, 2.24) is 10.0 Å². The minimum absolute atomic E-state index is 0.0635. The molecule has 0 bridgehead atoms. The van der Waals surface area contributed by atoms with Gasteiger partial charge in [-0.3, -0.25) is 14.4 Å². The number of hydrogen-bond donors (Lipinski definition) is 4. The number of benzene rings is 2. The molecule has 0 fully saturated rings. The molecule has 1 atom stereocenters. The van der Waals surface area contributed by atoms with Gasteiger partial charge in [0.15, 0.2) is 0 Å². The Labute approximate surface area is 155 Å². The van der Waals surface area contributed by atoms with Crippen molar-refractivity contribution < 1.29 is 27.9 Å². The van der Waals surface area contributed by atoms with E-state index in [0.717, 1.165) is 5.39 Å². The fourth-order valence-corrected chi connectivity index (χ4v) is 3.27. The van der Waals surface area contributed by atoms with E-state index in [-0.39, 0.29) is 24.3 Å². The van der Waals surface area contributed by atoms with Gasteiger partial charge in [-0.05, 0) is 22.9 Å². The average Bonchev–Trinajstić information content (AvgIpc) is 2.63. The second kappa shape index (κ2) is 8.60. The first-order valence-electron chi connectivity index (χ1n) is 7.98. The van der Waals surface area contributed by atoms with Gasteiger partial charge in [0.05, 0.1) is 4.90 Å². The molecule has 2 aromatic carbocycles. The number of nitrogens with one attached hydrogen (secondary N) is 2. The van der Waals surface area contributed by atoms with Crippen LogP contribution >= 0.6 is 0 Å². The molecular weight excluding hydrogens is 374 g/mol. The van der Waals surface area contributed by atoms with Crippen LogP contribution in [0.1, 0.15) is 12.8 Å². The first-order valence-corrected chi connectivity index (χ1v) is 9.47. The molecule has 0 saturated carbocycles. The standard InChI is InChI=1S/C17H19N3O6S/c18-14(17(23)24)10-19-15(21)7-8-16(22)20-27(25,26)13-6-5-11-3-1-2-4-12(11)9-13/h1-6,9,14H,7-8,10,18H2,(H,19,21)(H,20,22)(H,23,24)/t14-/m0/s1. The van der Waals surface area contributed by atoms with E-state index < -0.39 is 33.8 Å². The molecule has 0 spiro atoms. The Hall–Kier alpha value is -2.98. The largest absolute Gasteiger partial charge is 0.480 e. The van der Waals surface area contributed by atoms with Gasteiger partial charge in [0.25, 0.3) is 10.0 Å². The Balaban J connectivity index is 1.91. The van der Waals surface area contributed by atoms with Crippen molar-refractivity contribution in [2.75, 3.05) is 6.54 Å². The number of amides is 2. The Kier molecular flexibility index (Phi) is 6.48. The summed E-state index contributed by atoms with van der Waals surface area (Å²) in [5, 5.41) is 12.4. The molecule has 2 aromatic rings. The number of carbonyl (C=O) groups is 3. The number of carbonyl (C=O) groups excluding carboxylic acids is 2. The molecule has 2 rings (SSSR count). The molecule has 0 aromatic heterocycles. The predicted molar refractivity (Wildman–Crippen MR) is 97.1 cm³/mol. The average molecular weight is 393 g/mol. The van der Waals surface area contributed by atoms with Crippen LogP contribution in [0.4, 0.5) is 0 Å². The van der Waals surface area contributed by atoms with Crippen LogP contribution in [0.3, 0.4) is 0 Å². The number of carboxylic acids is 1. The molecule has 144 valence electrons. The van der Waals surface area contributed by atoms with Gasteiger partial charge in [0.2, 0.25) is 11.8 Å². The summed E-state index contributed by atoms with van der Waals surface area (Å²) >= 11 is 0. The summed E-state index contributed by atoms with van der Waals surface area (Å²) < 4.78 is 26.5. The maximum absolute atomic E-state index is 12.3. The Morgan fingerprint density at radius 3 is 2.30 bits per heavy atom. The Morgan fingerprint density at radius 1 is 1.00 bits per heavy atom. The van der Waals surface area contributed by atoms with Gasteiger partial charge in [-0.1, -0.05) is 30.3 Å². The Bertz CT molecular complexity index is 974. The van der Waals surface area contributed by atoms with Crippen LogP contribution < -0.4 is 15.8 Å². The molecule has 0 aliphatic carbocycles. The zero-order chi connectivity index (χ0) is 20.0. The summed E-state index contributed by atoms with van der Waals surface area (Å²) in [5.74, 6) is -2.72. The number of hydrogen-bond acceptors (Lipinski definition) is 6. The highest BCUT2D eigenvalue weighted by atomic mass is 32.2. The second-order valence-corrected chi connectivity index (χ2v) is 7.47. The maximum atomic E-state index is 12.3. The molecule has 27 heavy (non-hydrogen) atoms. The van der Waals surface area contributed by atoms with Crippen LogP contribution in [0, 0.1) is 0 Å². The van der Waals surface area contributed by atoms with Crippen molar-refractivity contribution in [1.29, 1.82) is 0 Å². The van der Waals surface area contributed by atoms with Crippen molar-refractivity contribution in [3.05, 3.63) is 42.5 Å². The summed E-state index contributed by atoms with van der Waals surface area (Å²) in [7, 11) is -4.06. The Morgan fingerprint density at radius 2 is 1.63 bits per heavy atom. The quantitative estimate of drug-likeness (QED) is 0.490. The van der Waals surface area contributed by atoms with Gasteiger partial charge in [-0.15, -0.1) is 0 Å². The number of rotatable bonds is 8. The molecule has 0 heterocycles. The van der Waals surface area contributed by atoms with Gasteiger partial charge in [0.1, 0.15) is 6.04 Å². The lowest BCUT2D eigenvalue weighted by Gasteiger charge is -2.09. The van der Waals surface area contributed by atoms with Gasteiger partial charge < -0.3 is 16.2 Å². The normalized spacial score (nSPS) is 12.3. The lowest BCUT2D eigenvalue weighted by Crippen LogP contribution is -2.42. The van der Waals surface area contributed by atoms with E-state index >= 15 is 0 Å². The van der Waals surface area contributed by atoms with Crippen molar-refractivity contribution in [2.24, 2.45) is 5.73 Å². The van der Waals surface area contributed by atoms with Crippen LogP contribution in [0.2, 0.25) is 0 Å². The molecule has 10 heteroatoms. The van der Waals surface area contributed by atoms with Gasteiger partial charge in [-0.2, -0.15) is 0 Å². The monoisotopic (exact) mass is 393 g/mol. The topological polar surface area (TPSA) is 156 Å². The lowest BCUT2D eigenvalue weighted by molar-refractivity contribution is -0.138. The van der Waals surface area contributed by atoms with E-state index in [2.05, 4.69) is 5.32 Å². The highest BCUT2D eigenvalue weighted by molar-refractivity contribution is 7.90. The summed E-state index contributed by atoms with van der Waals surface area (Å²) in [6.07, 6.45) is -0.674. The third-order valence-electron chi connectivity index (χ3n) is 3.69. The zero-order valence-corrected chi connectivity index (χ0v) is 15.0. The molecule has 0 radical (unpaired) electrons. The van der Waals surface area contributed by atoms with E-state index in [1.54, 1.807) is 18.2 Å². The number of carboxylic acid groups (broad SMARTS) is 1. The number of fused-ring (bicyclic) bond motifs is 1. The first-order chi connectivity index (χ1) is 12.7. The van der Waals surface area contributed by atoms with E-state index in [4.69, 9.17) is 10.8 Å². The van der Waals surface area contributed by atoms with Crippen LogP contribution in [0.15, 0.2) is 47.4 Å². The fraction of sp³-hybridized carbons (Fsp3) is 0.235. The minimum atomic E-state index is -4.06. The van der Waals surface area contributed by atoms with Crippen LogP contribution in [0.5, 0.6) is 0 Å². The predicted octanol–water partition coefficient (Wildman–Crippen LogP) is -0.0470. The smallest absolute Gasteiger partial charge is 0.322 e. The number of aliphatic carboxylic acids is 1. The molecule has 0 aliphatic heterocycles. The number of sulfonamides is 1. The molecule has 0 saturated heterocycles. The van der Waals surface area contributed by atoms with Crippen LogP contribution in [0.25, 0.3) is 10.8 Å². The summed E-state index contributed by atoms with van der Waals surface area (Å²) in [6.45, 7) is -0.287. The van der Waals surface area contributed by atoms with E-state index in [0.29, 0.717) is 5.39 Å². The second-order valence-electron chi connectivity index (χ2n) is 5.79. The van der Waals surface area contributed by atoms with Crippen molar-refractivity contribution in [2.45, 2.75) is 23.8 Å². The van der Waals surface area contributed by atoms with E-state index in [1.165, 1.54) is 12.1 Å². The van der Waals surface area contributed by atoms with Crippen molar-refractivity contribution >= 4 is 38.6 Å². The third-order valence-corrected chi connectivity index (χ3v) is 5.07. The van der Waals surface area contributed by atoms with Gasteiger partial charge in [0, 0.05) is 19.4 Å². The molecular formula is C17H19N3O6S. The molecule has 0 aliphatic rings. The number of nitrogens with two attached hydrogens (primary N) is 1. The van der Waals surface area contributed by atoms with Crippen LogP contribution in [-0.4, -0.2) is 43.9 Å². The van der Waals surface area contributed by atoms with Gasteiger partial charge in [-0.25, -0.2) is 13.1 Å². The van der Waals surface area contributed by atoms with Crippen molar-refractivity contribution in [3.63, 3.8) is 0 Å². The summed E-state index contributed by atoms with van der Waals surface area (Å²) in [4.78, 5) is 33.9. The fourth-order valence-electron chi connectivity index (χ4n) is 2.22. The zero-order valence-electron chi connectivity index (χ0n) is 14.2. The molecule has 2 amide bonds. The SMILES string of the molecule is N[C@@H](CNC(=O)CCC(=O)NS(=O)(=O)c1ccc2ccccc2c1)C(=O)O. The summed E-state index contributed by atoms with van der Waals surface area (Å²) in [6, 6.07) is 10.4. The van der Waals surface area contributed by atoms with E-state index in [9.17, 15) is 22.8 Å². The maximum Gasteiger partial charge on any atom is 0.322 e. The highest BCUT2D eigenvalue weighted by Crippen LogP contribution is 2.18. The molecule has 0 unspecified atom stereocenters. The van der Waals surface area contributed by atoms with E-state index in [1.807, 2.05) is 16.9 Å². The first kappa shape index (κ1) is 20.3. The van der Waals surface area contributed by atoms with Gasteiger partial charge >= 0.3 is 5.97 Å². The van der Waals surface area contributed by atoms with Crippen LogP contribution in [-0.2, 0) is 24.4 Å². The highest BCUT2D eigenvalue weighted by Gasteiger charge is 2.19. The molecule has 9 nitrogen and oxygen atoms in total.